The number of halogens is 1. The summed E-state index contributed by atoms with van der Waals surface area (Å²) in [6.07, 6.45) is 7.87. The quantitative estimate of drug-likeness (QED) is 0.0224. The first-order valence-corrected chi connectivity index (χ1v) is 20.5. The summed E-state index contributed by atoms with van der Waals surface area (Å²) in [5, 5.41) is 16.3. The first-order chi connectivity index (χ1) is 27.7. The number of allylic oxidation sites excluding steroid dienone is 1. The largest absolute Gasteiger partial charge is 0.497 e. The van der Waals surface area contributed by atoms with Gasteiger partial charge in [-0.15, -0.1) is 11.8 Å². The van der Waals surface area contributed by atoms with E-state index in [4.69, 9.17) is 24.3 Å². The number of β-lactam (4-membered cyclic amide) rings is 1. The topological polar surface area (TPSA) is 214 Å². The molecule has 1 aromatic carbocycles. The van der Waals surface area contributed by atoms with Crippen molar-refractivity contribution in [2.45, 2.75) is 64.7 Å². The lowest BCUT2D eigenvalue weighted by atomic mass is 10.0. The molecule has 306 valence electrons. The van der Waals surface area contributed by atoms with Crippen LogP contribution >= 0.6 is 34.4 Å². The molecule has 0 radical (unpaired) electrons. The minimum absolute atomic E-state index is 0.0305. The van der Waals surface area contributed by atoms with Gasteiger partial charge < -0.3 is 29.3 Å². The van der Waals surface area contributed by atoms with E-state index in [0.29, 0.717) is 15.9 Å². The van der Waals surface area contributed by atoms with Gasteiger partial charge in [-0.05, 0) is 92.8 Å². The maximum atomic E-state index is 13.2. The number of benzene rings is 1. The van der Waals surface area contributed by atoms with Crippen molar-refractivity contribution in [3.63, 3.8) is 0 Å². The van der Waals surface area contributed by atoms with Gasteiger partial charge in [-0.3, -0.25) is 34.4 Å². The zero-order valence-electron chi connectivity index (χ0n) is 32.8. The SMILES string of the molecule is C/C(=C/C(=O)NC#N)c1cc(-c2ccncc2)c[nH]1.CCO/N=C(\CC(=O)OC(C)(C)C)C(=O)NC1C(=O)N2C(C(=O)OCc3ccc(OC)cc3)=C(CI)CSC12. The van der Waals surface area contributed by atoms with E-state index in [2.05, 4.69) is 48.3 Å². The molecule has 2 aliphatic rings. The number of esters is 2. The molecule has 0 aliphatic carbocycles. The molecule has 2 unspecified atom stereocenters. The number of nitrogens with zero attached hydrogens (tertiary/aromatic N) is 4. The number of hydrogen-bond donors (Lipinski definition) is 3. The second-order valence-electron chi connectivity index (χ2n) is 13.6. The lowest BCUT2D eigenvalue weighted by Gasteiger charge is -2.49. The van der Waals surface area contributed by atoms with Crippen LogP contribution in [0.2, 0.25) is 0 Å². The van der Waals surface area contributed by atoms with Crippen LogP contribution in [-0.2, 0) is 44.9 Å². The number of thioether (sulfide) groups is 1. The zero-order valence-corrected chi connectivity index (χ0v) is 35.8. The number of aromatic amines is 1. The highest BCUT2D eigenvalue weighted by Gasteiger charge is 2.54. The third-order valence-corrected chi connectivity index (χ3v) is 10.4. The Morgan fingerprint density at radius 2 is 1.84 bits per heavy atom. The van der Waals surface area contributed by atoms with Gasteiger partial charge in [0, 0.05) is 40.5 Å². The predicted octanol–water partition coefficient (Wildman–Crippen LogP) is 5.03. The minimum atomic E-state index is -0.909. The fourth-order valence-electron chi connectivity index (χ4n) is 5.45. The Bertz CT molecular complexity index is 2110. The van der Waals surface area contributed by atoms with Crippen LogP contribution in [0.5, 0.6) is 5.75 Å². The van der Waals surface area contributed by atoms with Gasteiger partial charge in [0.15, 0.2) is 11.9 Å². The van der Waals surface area contributed by atoms with E-state index >= 15 is 0 Å². The summed E-state index contributed by atoms with van der Waals surface area (Å²) in [5.74, 6) is -1.68. The van der Waals surface area contributed by atoms with Crippen molar-refractivity contribution in [3.8, 4) is 23.1 Å². The lowest BCUT2D eigenvalue weighted by Crippen LogP contribution is -2.71. The van der Waals surface area contributed by atoms with Crippen LogP contribution in [-0.4, -0.2) is 91.2 Å². The Balaban J connectivity index is 0.000000326. The normalized spacial score (nSPS) is 16.4. The number of rotatable bonds is 14. The van der Waals surface area contributed by atoms with E-state index in [1.165, 1.54) is 22.7 Å². The van der Waals surface area contributed by atoms with E-state index in [1.54, 1.807) is 84.6 Å². The fraction of sp³-hybridized carbons (Fsp3) is 0.350. The number of carbonyl (C=O) groups is 5. The number of oxime groups is 1. The number of amides is 3. The summed E-state index contributed by atoms with van der Waals surface area (Å²) in [6.45, 7) is 8.84. The summed E-state index contributed by atoms with van der Waals surface area (Å²) < 4.78 is 16.5. The lowest BCUT2D eigenvalue weighted by molar-refractivity contribution is -0.154. The molecule has 5 rings (SSSR count). The molecule has 58 heavy (non-hydrogen) atoms. The standard InChI is InChI=1S/C26H32IN3O8S.C14H12N4O/c1-6-37-29-18(11-19(31)38-26(2,3)4)22(32)28-20-23(33)30-21(16(12-27)14-39-24(20)30)25(34)36-13-15-7-9-17(35-5)10-8-15;1-10(6-14(19)18-9-15)13-7-12(8-17-13)11-2-4-16-5-3-11/h7-10,20,24H,6,11-14H2,1-5H3,(H,28,32);2-8,17H,1H3,(H,18,19)/b29-18+;10-6-. The summed E-state index contributed by atoms with van der Waals surface area (Å²) in [4.78, 5) is 76.3. The zero-order chi connectivity index (χ0) is 42.4. The van der Waals surface area contributed by atoms with Crippen molar-refractivity contribution in [2.75, 3.05) is 23.9 Å². The number of pyridine rings is 1. The maximum Gasteiger partial charge on any atom is 0.355 e. The third kappa shape index (κ3) is 12.4. The molecule has 4 heterocycles. The number of aromatic nitrogens is 2. The first kappa shape index (κ1) is 45.0. The minimum Gasteiger partial charge on any atom is -0.497 e. The number of fused-ring (bicyclic) bond motifs is 1. The van der Waals surface area contributed by atoms with Crippen LogP contribution in [0.3, 0.4) is 0 Å². The molecule has 0 bridgehead atoms. The van der Waals surface area contributed by atoms with E-state index in [0.717, 1.165) is 33.5 Å². The summed E-state index contributed by atoms with van der Waals surface area (Å²) in [6, 6.07) is 12.0. The molecule has 2 atom stereocenters. The predicted molar refractivity (Wildman–Crippen MR) is 225 cm³/mol. The van der Waals surface area contributed by atoms with Gasteiger partial charge >= 0.3 is 11.9 Å². The van der Waals surface area contributed by atoms with E-state index < -0.39 is 53.1 Å². The molecular formula is C40H44IN7O9S. The number of nitriles is 1. The molecule has 0 saturated carbocycles. The monoisotopic (exact) mass is 925 g/mol. The highest BCUT2D eigenvalue weighted by molar-refractivity contribution is 14.1. The summed E-state index contributed by atoms with van der Waals surface area (Å²) in [7, 11) is 1.57. The molecule has 0 spiro atoms. The summed E-state index contributed by atoms with van der Waals surface area (Å²) >= 11 is 3.58. The van der Waals surface area contributed by atoms with E-state index in [9.17, 15) is 24.0 Å². The van der Waals surface area contributed by atoms with Crippen LogP contribution in [0.25, 0.3) is 16.7 Å². The molecule has 1 saturated heterocycles. The van der Waals surface area contributed by atoms with Gasteiger partial charge in [0.05, 0.1) is 13.5 Å². The van der Waals surface area contributed by atoms with Crippen molar-refractivity contribution in [2.24, 2.45) is 5.16 Å². The second kappa shape index (κ2) is 21.2. The molecular weight excluding hydrogens is 881 g/mol. The van der Waals surface area contributed by atoms with Crippen LogP contribution < -0.4 is 15.4 Å². The Hall–Kier alpha value is -5.68. The molecule has 1 fully saturated rings. The number of hydrogen-bond acceptors (Lipinski definition) is 13. The van der Waals surface area contributed by atoms with Crippen LogP contribution in [0, 0.1) is 11.5 Å². The van der Waals surface area contributed by atoms with E-state index in [-0.39, 0.29) is 24.6 Å². The van der Waals surface area contributed by atoms with Gasteiger partial charge in [0.2, 0.25) is 0 Å². The molecule has 3 N–H and O–H groups in total. The maximum absolute atomic E-state index is 13.2. The molecule has 3 amide bonds. The average molecular weight is 926 g/mol. The number of H-pyrrole nitrogens is 1. The van der Waals surface area contributed by atoms with Crippen molar-refractivity contribution >= 4 is 75.3 Å². The number of alkyl halides is 1. The summed E-state index contributed by atoms with van der Waals surface area (Å²) in [5.41, 5.74) is 4.46. The number of ether oxygens (including phenoxy) is 3. The van der Waals surface area contributed by atoms with Gasteiger partial charge in [-0.2, -0.15) is 5.26 Å². The second-order valence-corrected chi connectivity index (χ2v) is 15.4. The Morgan fingerprint density at radius 1 is 1.14 bits per heavy atom. The fourth-order valence-corrected chi connectivity index (χ4v) is 7.79. The van der Waals surface area contributed by atoms with Crippen molar-refractivity contribution < 1.29 is 43.0 Å². The van der Waals surface area contributed by atoms with Gasteiger partial charge in [0.1, 0.15) is 41.7 Å². The average Bonchev–Trinajstić information content (AvgIpc) is 3.71. The molecule has 16 nitrogen and oxygen atoms in total. The van der Waals surface area contributed by atoms with Crippen molar-refractivity contribution in [1.29, 1.82) is 5.26 Å². The first-order valence-electron chi connectivity index (χ1n) is 17.9. The number of methoxy groups -OCH3 is 1. The molecule has 2 aromatic heterocycles. The van der Waals surface area contributed by atoms with E-state index in [1.807, 2.05) is 24.4 Å². The van der Waals surface area contributed by atoms with Crippen molar-refractivity contribution in [1.82, 2.24) is 25.5 Å². The van der Waals surface area contributed by atoms with Crippen molar-refractivity contribution in [3.05, 3.63) is 89.7 Å². The smallest absolute Gasteiger partial charge is 0.355 e. The highest BCUT2D eigenvalue weighted by Crippen LogP contribution is 2.41. The van der Waals surface area contributed by atoms with Crippen LogP contribution in [0.15, 0.2) is 83.6 Å². The van der Waals surface area contributed by atoms with Crippen LogP contribution in [0.4, 0.5) is 0 Å². The Morgan fingerprint density at radius 3 is 2.47 bits per heavy atom. The van der Waals surface area contributed by atoms with Gasteiger partial charge in [-0.1, -0.05) is 39.9 Å². The Kier molecular flexibility index (Phi) is 16.4. The molecule has 18 heteroatoms. The third-order valence-electron chi connectivity index (χ3n) is 8.16. The highest BCUT2D eigenvalue weighted by atomic mass is 127. The Labute approximate surface area is 353 Å². The van der Waals surface area contributed by atoms with Crippen LogP contribution in [0.1, 0.15) is 52.3 Å². The number of nitrogens with one attached hydrogen (secondary N) is 3. The van der Waals surface area contributed by atoms with Gasteiger partial charge in [-0.25, -0.2) is 4.79 Å². The molecule has 3 aromatic rings. The van der Waals surface area contributed by atoms with Gasteiger partial charge in [0.25, 0.3) is 17.7 Å². The number of carbonyl (C=O) groups excluding carboxylic acids is 5. The molecule has 2 aliphatic heterocycles.